The molecular weight excluding hydrogens is 260 g/mol. The van der Waals surface area contributed by atoms with E-state index in [9.17, 15) is 4.79 Å². The highest BCUT2D eigenvalue weighted by atomic mass is 16.5. The summed E-state index contributed by atoms with van der Waals surface area (Å²) in [4.78, 5) is 16.2. The molecule has 0 bridgehead atoms. The molecule has 0 aromatic rings. The van der Waals surface area contributed by atoms with Gasteiger partial charge in [-0.2, -0.15) is 0 Å². The fourth-order valence-corrected chi connectivity index (χ4v) is 2.24. The lowest BCUT2D eigenvalue weighted by Gasteiger charge is -2.32. The first-order valence-electron chi connectivity index (χ1n) is 7.26. The Hall–Kier alpha value is -1.30. The van der Waals surface area contributed by atoms with Gasteiger partial charge in [0, 0.05) is 24.4 Å². The molecule has 1 heterocycles. The van der Waals surface area contributed by atoms with Gasteiger partial charge in [-0.1, -0.05) is 11.5 Å². The van der Waals surface area contributed by atoms with E-state index >= 15 is 0 Å². The summed E-state index contributed by atoms with van der Waals surface area (Å²) in [5, 5.41) is 3.55. The van der Waals surface area contributed by atoms with Gasteiger partial charge in [0.25, 0.3) is 0 Å². The summed E-state index contributed by atoms with van der Waals surface area (Å²) in [5.74, 6) is -0.103. The molecule has 0 aromatic carbocycles. The standard InChI is InChI=1S/C13H24N4O3/c1-2-19-13(18)6-4-3-5-7-17-8-9-20-12(11-17)10-15-16-14/h12H,2-11H2,1H3/t12-/m0/s1. The Labute approximate surface area is 119 Å². The van der Waals surface area contributed by atoms with Crippen LogP contribution in [0.5, 0.6) is 0 Å². The summed E-state index contributed by atoms with van der Waals surface area (Å²) in [6, 6.07) is 0. The number of azide groups is 1. The largest absolute Gasteiger partial charge is 0.466 e. The average Bonchev–Trinajstić information content (AvgIpc) is 2.45. The van der Waals surface area contributed by atoms with Gasteiger partial charge in [0.05, 0.1) is 25.9 Å². The van der Waals surface area contributed by atoms with Crippen molar-refractivity contribution in [3.05, 3.63) is 10.4 Å². The van der Waals surface area contributed by atoms with Gasteiger partial charge in [-0.3, -0.25) is 9.69 Å². The fourth-order valence-electron chi connectivity index (χ4n) is 2.24. The Balaban J connectivity index is 2.06. The number of carbonyl (C=O) groups excluding carboxylic acids is 1. The van der Waals surface area contributed by atoms with Crippen LogP contribution in [0.2, 0.25) is 0 Å². The van der Waals surface area contributed by atoms with Crippen molar-refractivity contribution in [1.29, 1.82) is 0 Å². The Morgan fingerprint density at radius 2 is 2.35 bits per heavy atom. The van der Waals surface area contributed by atoms with Crippen LogP contribution in [0, 0.1) is 0 Å². The van der Waals surface area contributed by atoms with Gasteiger partial charge >= 0.3 is 5.97 Å². The highest BCUT2D eigenvalue weighted by molar-refractivity contribution is 5.69. The molecule has 0 aliphatic carbocycles. The lowest BCUT2D eigenvalue weighted by atomic mass is 10.1. The number of nitrogens with zero attached hydrogens (tertiary/aromatic N) is 4. The number of rotatable bonds is 9. The van der Waals surface area contributed by atoms with Gasteiger partial charge in [0.1, 0.15) is 0 Å². The minimum absolute atomic E-state index is 0.0131. The first kappa shape index (κ1) is 16.8. The second kappa shape index (κ2) is 10.5. The SMILES string of the molecule is CCOC(=O)CCCCCN1CCO[C@@H](CN=[N+]=[N-])C1. The van der Waals surface area contributed by atoms with Crippen molar-refractivity contribution in [3.8, 4) is 0 Å². The van der Waals surface area contributed by atoms with Crippen LogP contribution in [0.4, 0.5) is 0 Å². The second-order valence-electron chi connectivity index (χ2n) is 4.82. The summed E-state index contributed by atoms with van der Waals surface area (Å²) in [7, 11) is 0. The van der Waals surface area contributed by atoms with Crippen molar-refractivity contribution in [2.75, 3.05) is 39.4 Å². The van der Waals surface area contributed by atoms with Gasteiger partial charge in [-0.25, -0.2) is 0 Å². The zero-order chi connectivity index (χ0) is 14.6. The molecule has 20 heavy (non-hydrogen) atoms. The lowest BCUT2D eigenvalue weighted by Crippen LogP contribution is -2.44. The third kappa shape index (κ3) is 7.33. The van der Waals surface area contributed by atoms with E-state index in [1.807, 2.05) is 6.92 Å². The predicted molar refractivity (Wildman–Crippen MR) is 75.3 cm³/mol. The number of unbranched alkanes of at least 4 members (excludes halogenated alkanes) is 2. The molecule has 1 fully saturated rings. The summed E-state index contributed by atoms with van der Waals surface area (Å²) in [6.07, 6.45) is 3.49. The van der Waals surface area contributed by atoms with Crippen molar-refractivity contribution in [2.24, 2.45) is 5.11 Å². The normalized spacial score (nSPS) is 19.4. The van der Waals surface area contributed by atoms with Crippen LogP contribution in [0.3, 0.4) is 0 Å². The van der Waals surface area contributed by atoms with E-state index in [1.165, 1.54) is 0 Å². The lowest BCUT2D eigenvalue weighted by molar-refractivity contribution is -0.143. The van der Waals surface area contributed by atoms with Crippen molar-refractivity contribution < 1.29 is 14.3 Å². The van der Waals surface area contributed by atoms with E-state index in [0.29, 0.717) is 26.2 Å². The predicted octanol–water partition coefficient (Wildman–Crippen LogP) is 2.12. The molecule has 0 saturated carbocycles. The minimum Gasteiger partial charge on any atom is -0.466 e. The van der Waals surface area contributed by atoms with Crippen LogP contribution in [-0.2, 0) is 14.3 Å². The zero-order valence-electron chi connectivity index (χ0n) is 12.2. The van der Waals surface area contributed by atoms with E-state index < -0.39 is 0 Å². The first-order chi connectivity index (χ1) is 9.76. The number of esters is 1. The number of ether oxygens (including phenoxy) is 2. The summed E-state index contributed by atoms with van der Waals surface area (Å²) < 4.78 is 10.4. The molecular formula is C13H24N4O3. The Kier molecular flexibility index (Phi) is 8.78. The first-order valence-corrected chi connectivity index (χ1v) is 7.26. The van der Waals surface area contributed by atoms with Crippen LogP contribution in [-0.4, -0.2) is 56.4 Å². The van der Waals surface area contributed by atoms with Crippen molar-refractivity contribution in [2.45, 2.75) is 38.7 Å². The molecule has 1 atom stereocenters. The number of hydrogen-bond acceptors (Lipinski definition) is 5. The zero-order valence-corrected chi connectivity index (χ0v) is 12.2. The van der Waals surface area contributed by atoms with E-state index in [0.717, 1.165) is 38.9 Å². The van der Waals surface area contributed by atoms with Gasteiger partial charge in [-0.15, -0.1) is 0 Å². The maximum Gasteiger partial charge on any atom is 0.305 e. The van der Waals surface area contributed by atoms with Gasteiger partial charge in [0.15, 0.2) is 0 Å². The topological polar surface area (TPSA) is 87.5 Å². The van der Waals surface area contributed by atoms with Crippen LogP contribution in [0.25, 0.3) is 10.4 Å². The second-order valence-corrected chi connectivity index (χ2v) is 4.82. The highest BCUT2D eigenvalue weighted by Crippen LogP contribution is 2.09. The number of carbonyl (C=O) groups is 1. The van der Waals surface area contributed by atoms with E-state index in [-0.39, 0.29) is 12.1 Å². The highest BCUT2D eigenvalue weighted by Gasteiger charge is 2.19. The van der Waals surface area contributed by atoms with Gasteiger partial charge < -0.3 is 9.47 Å². The van der Waals surface area contributed by atoms with Crippen molar-refractivity contribution in [1.82, 2.24) is 4.90 Å². The van der Waals surface area contributed by atoms with E-state index in [4.69, 9.17) is 15.0 Å². The quantitative estimate of drug-likeness (QED) is 0.213. The van der Waals surface area contributed by atoms with Crippen LogP contribution >= 0.6 is 0 Å². The van der Waals surface area contributed by atoms with Crippen LogP contribution < -0.4 is 0 Å². The van der Waals surface area contributed by atoms with E-state index in [2.05, 4.69) is 14.9 Å². The third-order valence-corrected chi connectivity index (χ3v) is 3.23. The smallest absolute Gasteiger partial charge is 0.305 e. The Bertz CT molecular complexity index is 332. The van der Waals surface area contributed by atoms with Crippen molar-refractivity contribution >= 4 is 5.97 Å². The molecule has 7 heteroatoms. The summed E-state index contributed by atoms with van der Waals surface area (Å²) in [5.41, 5.74) is 8.30. The molecule has 1 aliphatic rings. The molecule has 7 nitrogen and oxygen atoms in total. The summed E-state index contributed by atoms with van der Waals surface area (Å²) >= 11 is 0. The van der Waals surface area contributed by atoms with E-state index in [1.54, 1.807) is 0 Å². The molecule has 0 amide bonds. The van der Waals surface area contributed by atoms with Gasteiger partial charge in [-0.05, 0) is 31.8 Å². The average molecular weight is 284 g/mol. The van der Waals surface area contributed by atoms with Crippen molar-refractivity contribution in [3.63, 3.8) is 0 Å². The molecule has 0 radical (unpaired) electrons. The number of morpholine rings is 1. The maximum absolute atomic E-state index is 11.2. The molecule has 0 spiro atoms. The third-order valence-electron chi connectivity index (χ3n) is 3.23. The molecule has 114 valence electrons. The summed E-state index contributed by atoms with van der Waals surface area (Å²) in [6.45, 7) is 6.10. The molecule has 1 aliphatic heterocycles. The Morgan fingerprint density at radius 3 is 3.10 bits per heavy atom. The minimum atomic E-state index is -0.103. The van der Waals surface area contributed by atoms with Crippen LogP contribution in [0.15, 0.2) is 5.11 Å². The molecule has 0 unspecified atom stereocenters. The molecule has 1 rings (SSSR count). The fraction of sp³-hybridized carbons (Fsp3) is 0.923. The van der Waals surface area contributed by atoms with Crippen LogP contribution in [0.1, 0.15) is 32.6 Å². The Morgan fingerprint density at radius 1 is 1.50 bits per heavy atom. The molecule has 0 N–H and O–H groups in total. The molecule has 0 aromatic heterocycles. The number of hydrogen-bond donors (Lipinski definition) is 0. The maximum atomic E-state index is 11.2. The molecule has 1 saturated heterocycles. The monoisotopic (exact) mass is 284 g/mol. The van der Waals surface area contributed by atoms with Gasteiger partial charge in [0.2, 0.25) is 0 Å².